The maximum absolute atomic E-state index is 11.3. The average Bonchev–Trinajstić information content (AvgIpc) is 2.16. The molecular weight excluding hydrogens is 274 g/mol. The zero-order valence-corrected chi connectivity index (χ0v) is 10.6. The van der Waals surface area contributed by atoms with E-state index in [9.17, 15) is 9.59 Å². The molecule has 4 nitrogen and oxygen atoms in total. The minimum atomic E-state index is -0.875. The van der Waals surface area contributed by atoms with Crippen LogP contribution in [0.3, 0.4) is 0 Å². The van der Waals surface area contributed by atoms with E-state index in [0.717, 1.165) is 10.0 Å². The highest BCUT2D eigenvalue weighted by Gasteiger charge is 2.14. The fraction of sp³-hybridized carbons (Fsp3) is 0.273. The highest BCUT2D eigenvalue weighted by atomic mass is 79.9. The number of carbonyl (C=O) groups excluding carboxylic acids is 2. The smallest absolute Gasteiger partial charge is 0.397 e. The van der Waals surface area contributed by atoms with E-state index in [-0.39, 0.29) is 6.61 Å². The highest BCUT2D eigenvalue weighted by molar-refractivity contribution is 9.10. The first-order chi connectivity index (χ1) is 7.52. The fourth-order valence-electron chi connectivity index (χ4n) is 1.19. The molecule has 1 amide bonds. The summed E-state index contributed by atoms with van der Waals surface area (Å²) >= 11 is 3.30. The Kier molecular flexibility index (Phi) is 4.49. The summed E-state index contributed by atoms with van der Waals surface area (Å²) in [6.07, 6.45) is 0. The first-order valence-electron chi connectivity index (χ1n) is 4.78. The molecule has 0 saturated heterocycles. The number of ether oxygens (including phenoxy) is 1. The van der Waals surface area contributed by atoms with Gasteiger partial charge in [-0.2, -0.15) is 0 Å². The van der Waals surface area contributed by atoms with Crippen molar-refractivity contribution in [3.63, 3.8) is 0 Å². The van der Waals surface area contributed by atoms with Crippen LogP contribution in [-0.4, -0.2) is 18.5 Å². The van der Waals surface area contributed by atoms with Gasteiger partial charge in [-0.25, -0.2) is 4.79 Å². The quantitative estimate of drug-likeness (QED) is 0.670. The van der Waals surface area contributed by atoms with E-state index in [2.05, 4.69) is 26.0 Å². The molecule has 5 heteroatoms. The molecule has 0 aliphatic heterocycles. The Bertz CT molecular complexity index is 397. The third-order valence-electron chi connectivity index (χ3n) is 1.76. The second kappa shape index (κ2) is 5.65. The van der Waals surface area contributed by atoms with Gasteiger partial charge in [-0.3, -0.25) is 4.79 Å². The number of anilines is 1. The molecule has 16 heavy (non-hydrogen) atoms. The number of hydrogen-bond acceptors (Lipinski definition) is 3. The molecule has 1 aromatic rings. The van der Waals surface area contributed by atoms with Crippen LogP contribution in [0.5, 0.6) is 0 Å². The van der Waals surface area contributed by atoms with Gasteiger partial charge in [0.05, 0.1) is 6.61 Å². The monoisotopic (exact) mass is 285 g/mol. The van der Waals surface area contributed by atoms with Crippen LogP contribution in [0.15, 0.2) is 22.7 Å². The van der Waals surface area contributed by atoms with E-state index in [1.807, 2.05) is 13.0 Å². The Morgan fingerprint density at radius 1 is 1.38 bits per heavy atom. The van der Waals surface area contributed by atoms with E-state index < -0.39 is 11.9 Å². The Morgan fingerprint density at radius 3 is 2.62 bits per heavy atom. The molecule has 1 rings (SSSR count). The zero-order valence-electron chi connectivity index (χ0n) is 9.04. The summed E-state index contributed by atoms with van der Waals surface area (Å²) in [6, 6.07) is 5.38. The lowest BCUT2D eigenvalue weighted by atomic mass is 10.2. The first kappa shape index (κ1) is 12.7. The molecule has 0 bridgehead atoms. The number of rotatable bonds is 2. The summed E-state index contributed by atoms with van der Waals surface area (Å²) in [5, 5.41) is 2.46. The molecule has 0 aliphatic rings. The van der Waals surface area contributed by atoms with Crippen LogP contribution in [0, 0.1) is 6.92 Å². The first-order valence-corrected chi connectivity index (χ1v) is 5.57. The van der Waals surface area contributed by atoms with Gasteiger partial charge < -0.3 is 10.1 Å². The zero-order chi connectivity index (χ0) is 12.1. The van der Waals surface area contributed by atoms with Crippen LogP contribution >= 0.6 is 15.9 Å². The van der Waals surface area contributed by atoms with Crippen molar-refractivity contribution in [1.29, 1.82) is 0 Å². The topological polar surface area (TPSA) is 55.4 Å². The van der Waals surface area contributed by atoms with Gasteiger partial charge in [0.2, 0.25) is 0 Å². The van der Waals surface area contributed by atoms with Crippen molar-refractivity contribution >= 4 is 33.5 Å². The Hall–Kier alpha value is -1.36. The van der Waals surface area contributed by atoms with Crippen LogP contribution in [0.25, 0.3) is 0 Å². The molecule has 0 atom stereocenters. The maximum atomic E-state index is 11.3. The standard InChI is InChI=1S/C11H12BrNO3/c1-3-16-11(15)10(14)13-9-5-7(2)4-8(12)6-9/h4-6H,3H2,1-2H3,(H,13,14). The molecule has 0 spiro atoms. The number of esters is 1. The Labute approximate surface area is 102 Å². The van der Waals surface area contributed by atoms with Gasteiger partial charge in [0.15, 0.2) is 0 Å². The fourth-order valence-corrected chi connectivity index (χ4v) is 1.79. The molecule has 1 N–H and O–H groups in total. The van der Waals surface area contributed by atoms with Crippen molar-refractivity contribution in [2.45, 2.75) is 13.8 Å². The highest BCUT2D eigenvalue weighted by Crippen LogP contribution is 2.18. The van der Waals surface area contributed by atoms with Gasteiger partial charge in [-0.15, -0.1) is 0 Å². The lowest BCUT2D eigenvalue weighted by Gasteiger charge is -2.06. The largest absolute Gasteiger partial charge is 0.459 e. The van der Waals surface area contributed by atoms with Crippen molar-refractivity contribution in [3.05, 3.63) is 28.2 Å². The van der Waals surface area contributed by atoms with E-state index in [4.69, 9.17) is 0 Å². The van der Waals surface area contributed by atoms with Gasteiger partial charge in [0, 0.05) is 10.2 Å². The number of hydrogen-bond donors (Lipinski definition) is 1. The molecule has 0 unspecified atom stereocenters. The molecule has 0 aliphatic carbocycles. The van der Waals surface area contributed by atoms with Gasteiger partial charge in [0.25, 0.3) is 0 Å². The predicted molar refractivity (Wildman–Crippen MR) is 64.1 cm³/mol. The summed E-state index contributed by atoms with van der Waals surface area (Å²) in [5.74, 6) is -1.64. The number of amides is 1. The van der Waals surface area contributed by atoms with Crippen LogP contribution in [0.1, 0.15) is 12.5 Å². The second-order valence-corrected chi connectivity index (χ2v) is 4.11. The summed E-state index contributed by atoms with van der Waals surface area (Å²) in [5.41, 5.74) is 1.54. The summed E-state index contributed by atoms with van der Waals surface area (Å²) in [7, 11) is 0. The lowest BCUT2D eigenvalue weighted by Crippen LogP contribution is -2.25. The molecule has 0 aromatic heterocycles. The van der Waals surface area contributed by atoms with Crippen molar-refractivity contribution < 1.29 is 14.3 Å². The molecule has 0 fully saturated rings. The van der Waals surface area contributed by atoms with Gasteiger partial charge in [-0.05, 0) is 37.6 Å². The van der Waals surface area contributed by atoms with Gasteiger partial charge >= 0.3 is 11.9 Å². The number of aryl methyl sites for hydroxylation is 1. The SMILES string of the molecule is CCOC(=O)C(=O)Nc1cc(C)cc(Br)c1. The molecule has 86 valence electrons. The Balaban J connectivity index is 2.73. The van der Waals surface area contributed by atoms with Crippen LogP contribution < -0.4 is 5.32 Å². The van der Waals surface area contributed by atoms with Crippen molar-refractivity contribution in [2.75, 3.05) is 11.9 Å². The van der Waals surface area contributed by atoms with Crippen LogP contribution in [0.2, 0.25) is 0 Å². The van der Waals surface area contributed by atoms with E-state index in [1.165, 1.54) is 0 Å². The molecular formula is C11H12BrNO3. The van der Waals surface area contributed by atoms with Crippen LogP contribution in [-0.2, 0) is 14.3 Å². The summed E-state index contributed by atoms with van der Waals surface area (Å²) < 4.78 is 5.41. The van der Waals surface area contributed by atoms with E-state index in [1.54, 1.807) is 19.1 Å². The van der Waals surface area contributed by atoms with Gasteiger partial charge in [0.1, 0.15) is 0 Å². The predicted octanol–water partition coefficient (Wildman–Crippen LogP) is 2.26. The number of halogens is 1. The average molecular weight is 286 g/mol. The normalized spacial score (nSPS) is 9.69. The summed E-state index contributed by atoms with van der Waals surface area (Å²) in [4.78, 5) is 22.4. The maximum Gasteiger partial charge on any atom is 0.397 e. The minimum Gasteiger partial charge on any atom is -0.459 e. The molecule has 0 radical (unpaired) electrons. The van der Waals surface area contributed by atoms with Crippen LogP contribution in [0.4, 0.5) is 5.69 Å². The van der Waals surface area contributed by atoms with Crippen molar-refractivity contribution in [2.24, 2.45) is 0 Å². The summed E-state index contributed by atoms with van der Waals surface area (Å²) in [6.45, 7) is 3.73. The molecule has 0 heterocycles. The van der Waals surface area contributed by atoms with E-state index >= 15 is 0 Å². The van der Waals surface area contributed by atoms with Gasteiger partial charge in [-0.1, -0.05) is 15.9 Å². The molecule has 0 saturated carbocycles. The lowest BCUT2D eigenvalue weighted by molar-refractivity contribution is -0.152. The minimum absolute atomic E-state index is 0.184. The van der Waals surface area contributed by atoms with E-state index in [0.29, 0.717) is 5.69 Å². The number of benzene rings is 1. The number of nitrogens with one attached hydrogen (secondary N) is 1. The number of carbonyl (C=O) groups is 2. The van der Waals surface area contributed by atoms with Crippen molar-refractivity contribution in [1.82, 2.24) is 0 Å². The third kappa shape index (κ3) is 3.66. The van der Waals surface area contributed by atoms with Crippen molar-refractivity contribution in [3.8, 4) is 0 Å². The molecule has 1 aromatic carbocycles. The second-order valence-electron chi connectivity index (χ2n) is 3.19. The third-order valence-corrected chi connectivity index (χ3v) is 2.22. The Morgan fingerprint density at radius 2 is 2.06 bits per heavy atom.